The van der Waals surface area contributed by atoms with Crippen molar-refractivity contribution in [1.82, 2.24) is 14.7 Å². The molecule has 1 fully saturated rings. The molecule has 0 aromatic heterocycles. The third kappa shape index (κ3) is 4.00. The van der Waals surface area contributed by atoms with Gasteiger partial charge in [0.05, 0.1) is 0 Å². The fraction of sp³-hybridized carbons (Fsp3) is 0.857. The van der Waals surface area contributed by atoms with Crippen molar-refractivity contribution < 1.29 is 0 Å². The molecule has 1 aliphatic rings. The highest BCUT2D eigenvalue weighted by Gasteiger charge is 2.32. The van der Waals surface area contributed by atoms with Gasteiger partial charge in [0.2, 0.25) is 0 Å². The molecule has 3 nitrogen and oxygen atoms in total. The molecule has 0 unspecified atom stereocenters. The van der Waals surface area contributed by atoms with Crippen LogP contribution in [0.5, 0.6) is 0 Å². The van der Waals surface area contributed by atoms with Gasteiger partial charge in [-0.15, -0.1) is 0 Å². The summed E-state index contributed by atoms with van der Waals surface area (Å²) in [5.74, 6) is 0. The van der Waals surface area contributed by atoms with Crippen LogP contribution in [0.1, 0.15) is 27.7 Å². The number of hydrogen-bond donors (Lipinski definition) is 0. The smallest absolute Gasteiger partial charge is 0.0386 e. The molecule has 0 N–H and O–H groups in total. The molecule has 0 spiro atoms. The average Bonchev–Trinajstić information content (AvgIpc) is 2.17. The summed E-state index contributed by atoms with van der Waals surface area (Å²) in [7, 11) is 4.25. The first-order chi connectivity index (χ1) is 7.71. The zero-order valence-electron chi connectivity index (χ0n) is 12.5. The largest absolute Gasteiger partial charge is 0.371 e. The molecule has 0 radical (unpaired) electrons. The van der Waals surface area contributed by atoms with E-state index in [9.17, 15) is 0 Å². The van der Waals surface area contributed by atoms with Crippen molar-refractivity contribution >= 4 is 0 Å². The maximum absolute atomic E-state index is 4.24. The summed E-state index contributed by atoms with van der Waals surface area (Å²) < 4.78 is 0. The second kappa shape index (κ2) is 5.40. The highest BCUT2D eigenvalue weighted by Crippen LogP contribution is 2.24. The Bertz CT molecular complexity index is 265. The summed E-state index contributed by atoms with van der Waals surface area (Å²) in [5, 5.41) is 0. The van der Waals surface area contributed by atoms with Gasteiger partial charge in [-0.1, -0.05) is 6.58 Å². The van der Waals surface area contributed by atoms with E-state index in [4.69, 9.17) is 0 Å². The van der Waals surface area contributed by atoms with E-state index in [2.05, 4.69) is 63.1 Å². The highest BCUT2D eigenvalue weighted by atomic mass is 15.3. The fourth-order valence-electron chi connectivity index (χ4n) is 2.47. The van der Waals surface area contributed by atoms with Gasteiger partial charge in [-0.2, -0.15) is 0 Å². The average molecular weight is 239 g/mol. The number of piperazine rings is 1. The molecule has 3 heteroatoms. The van der Waals surface area contributed by atoms with Gasteiger partial charge in [0.15, 0.2) is 0 Å². The molecule has 1 aliphatic heterocycles. The molecule has 1 atom stereocenters. The van der Waals surface area contributed by atoms with Crippen LogP contribution < -0.4 is 0 Å². The van der Waals surface area contributed by atoms with Crippen LogP contribution in [0.2, 0.25) is 0 Å². The lowest BCUT2D eigenvalue weighted by molar-refractivity contribution is 0.0425. The van der Waals surface area contributed by atoms with Gasteiger partial charge in [0.1, 0.15) is 0 Å². The number of likely N-dealkylation sites (N-methyl/N-ethyl adjacent to an activating group) is 1. The quantitative estimate of drug-likeness (QED) is 0.744. The Balaban J connectivity index is 2.58. The highest BCUT2D eigenvalue weighted by molar-refractivity contribution is 5.05. The first-order valence-electron chi connectivity index (χ1n) is 6.56. The Kier molecular flexibility index (Phi) is 4.62. The van der Waals surface area contributed by atoms with Crippen LogP contribution in [0.15, 0.2) is 12.3 Å². The van der Waals surface area contributed by atoms with E-state index in [0.29, 0.717) is 6.04 Å². The lowest BCUT2D eigenvalue weighted by atomic mass is 10.00. The second-order valence-electron chi connectivity index (χ2n) is 6.46. The van der Waals surface area contributed by atoms with Gasteiger partial charge in [-0.25, -0.2) is 0 Å². The Labute approximate surface area is 107 Å². The van der Waals surface area contributed by atoms with Gasteiger partial charge in [0.25, 0.3) is 0 Å². The molecular formula is C14H29N3. The molecule has 0 aliphatic carbocycles. The molecule has 1 saturated heterocycles. The van der Waals surface area contributed by atoms with Gasteiger partial charge < -0.3 is 9.80 Å². The molecular weight excluding hydrogens is 210 g/mol. The van der Waals surface area contributed by atoms with Crippen molar-refractivity contribution in [2.75, 3.05) is 40.3 Å². The van der Waals surface area contributed by atoms with E-state index >= 15 is 0 Å². The van der Waals surface area contributed by atoms with E-state index in [1.165, 1.54) is 5.70 Å². The zero-order valence-corrected chi connectivity index (χ0v) is 12.5. The Hall–Kier alpha value is -0.540. The van der Waals surface area contributed by atoms with E-state index in [1.54, 1.807) is 0 Å². The number of hydrogen-bond acceptors (Lipinski definition) is 3. The van der Waals surface area contributed by atoms with Crippen molar-refractivity contribution in [3.05, 3.63) is 12.3 Å². The van der Waals surface area contributed by atoms with Gasteiger partial charge in [-0.3, -0.25) is 4.90 Å². The summed E-state index contributed by atoms with van der Waals surface area (Å²) in [6, 6.07) is 0.600. The first-order valence-corrected chi connectivity index (χ1v) is 6.56. The Morgan fingerprint density at radius 2 is 1.94 bits per heavy atom. The summed E-state index contributed by atoms with van der Waals surface area (Å²) in [5.41, 5.74) is 1.50. The van der Waals surface area contributed by atoms with Crippen molar-refractivity contribution in [3.8, 4) is 0 Å². The summed E-state index contributed by atoms with van der Waals surface area (Å²) in [6.45, 7) is 17.7. The minimum Gasteiger partial charge on any atom is -0.371 e. The normalized spacial score (nSPS) is 23.6. The Morgan fingerprint density at radius 3 is 2.41 bits per heavy atom. The van der Waals surface area contributed by atoms with Crippen LogP contribution in [0.4, 0.5) is 0 Å². The fourth-order valence-corrected chi connectivity index (χ4v) is 2.47. The molecule has 0 amide bonds. The van der Waals surface area contributed by atoms with E-state index in [0.717, 1.165) is 26.2 Å². The Morgan fingerprint density at radius 1 is 1.35 bits per heavy atom. The van der Waals surface area contributed by atoms with Crippen LogP contribution >= 0.6 is 0 Å². The third-order valence-electron chi connectivity index (χ3n) is 3.50. The number of rotatable bonds is 3. The van der Waals surface area contributed by atoms with E-state index in [-0.39, 0.29) is 5.54 Å². The standard InChI is InChI=1S/C14H29N3/c1-12-11-17(14(3,4)5)13(2)10-16(12)9-8-15(6)7/h13H,1,8-11H2,2-7H3/t13-/m0/s1. The zero-order chi connectivity index (χ0) is 13.2. The molecule has 0 bridgehead atoms. The van der Waals surface area contributed by atoms with Crippen LogP contribution in [-0.2, 0) is 0 Å². The molecule has 1 rings (SSSR count). The maximum Gasteiger partial charge on any atom is 0.0386 e. The summed E-state index contributed by atoms with van der Waals surface area (Å²) >= 11 is 0. The minimum atomic E-state index is 0.232. The van der Waals surface area contributed by atoms with Crippen molar-refractivity contribution in [2.45, 2.75) is 39.3 Å². The predicted molar refractivity (Wildman–Crippen MR) is 75.2 cm³/mol. The molecule has 0 saturated carbocycles. The van der Waals surface area contributed by atoms with E-state index < -0.39 is 0 Å². The van der Waals surface area contributed by atoms with E-state index in [1.807, 2.05) is 0 Å². The van der Waals surface area contributed by atoms with Gasteiger partial charge >= 0.3 is 0 Å². The molecule has 1 heterocycles. The molecule has 17 heavy (non-hydrogen) atoms. The van der Waals surface area contributed by atoms with Crippen LogP contribution in [0, 0.1) is 0 Å². The predicted octanol–water partition coefficient (Wildman–Crippen LogP) is 1.87. The monoisotopic (exact) mass is 239 g/mol. The lowest BCUT2D eigenvalue weighted by Gasteiger charge is -2.48. The molecule has 0 aromatic carbocycles. The maximum atomic E-state index is 4.24. The third-order valence-corrected chi connectivity index (χ3v) is 3.50. The molecule has 100 valence electrons. The van der Waals surface area contributed by atoms with Crippen LogP contribution in [0.3, 0.4) is 0 Å². The van der Waals surface area contributed by atoms with Crippen LogP contribution in [-0.4, -0.2) is 66.6 Å². The van der Waals surface area contributed by atoms with Gasteiger partial charge in [-0.05, 0) is 41.8 Å². The SMILES string of the molecule is C=C1CN(C(C)(C)C)[C@@H](C)CN1CCN(C)C. The second-order valence-corrected chi connectivity index (χ2v) is 6.46. The topological polar surface area (TPSA) is 9.72 Å². The van der Waals surface area contributed by atoms with Crippen molar-refractivity contribution in [2.24, 2.45) is 0 Å². The summed E-state index contributed by atoms with van der Waals surface area (Å²) in [4.78, 5) is 7.21. The van der Waals surface area contributed by atoms with Gasteiger partial charge in [0, 0.05) is 43.5 Å². The number of nitrogens with zero attached hydrogens (tertiary/aromatic N) is 3. The molecule has 0 aromatic rings. The van der Waals surface area contributed by atoms with Crippen molar-refractivity contribution in [3.63, 3.8) is 0 Å². The first kappa shape index (κ1) is 14.5. The van der Waals surface area contributed by atoms with Crippen molar-refractivity contribution in [1.29, 1.82) is 0 Å². The lowest BCUT2D eigenvalue weighted by Crippen LogP contribution is -2.57. The minimum absolute atomic E-state index is 0.232. The summed E-state index contributed by atoms with van der Waals surface area (Å²) in [6.07, 6.45) is 0. The van der Waals surface area contributed by atoms with Crippen LogP contribution in [0.25, 0.3) is 0 Å².